The summed E-state index contributed by atoms with van der Waals surface area (Å²) in [6, 6.07) is 59.7. The lowest BCUT2D eigenvalue weighted by atomic mass is 9.90. The molecule has 0 amide bonds. The fraction of sp³-hybridized carbons (Fsp3) is 0.0784. The molecule has 1 heterocycles. The van der Waals surface area contributed by atoms with Crippen molar-refractivity contribution in [3.05, 3.63) is 186 Å². The first-order valence-electron chi connectivity index (χ1n) is 18.2. The van der Waals surface area contributed by atoms with Crippen LogP contribution in [-0.2, 0) is 0 Å². The number of nitrogens with zero attached hydrogens (tertiary/aromatic N) is 2. The average Bonchev–Trinajstić information content (AvgIpc) is 3.49. The number of rotatable bonds is 5. The van der Waals surface area contributed by atoms with Crippen molar-refractivity contribution in [2.45, 2.75) is 27.7 Å². The van der Waals surface area contributed by atoms with Gasteiger partial charge in [-0.2, -0.15) is 5.26 Å². The zero-order valence-corrected chi connectivity index (χ0v) is 30.4. The molecule has 0 aliphatic heterocycles. The summed E-state index contributed by atoms with van der Waals surface area (Å²) >= 11 is 0. The van der Waals surface area contributed by atoms with E-state index in [0.717, 1.165) is 38.7 Å². The molecule has 0 aliphatic rings. The third-order valence-electron chi connectivity index (χ3n) is 10.5. The van der Waals surface area contributed by atoms with Gasteiger partial charge in [-0.15, -0.1) is 0 Å². The Hall–Kier alpha value is -6.69. The molecule has 0 saturated heterocycles. The first kappa shape index (κ1) is 32.2. The molecule has 2 heteroatoms. The Labute approximate surface area is 310 Å². The van der Waals surface area contributed by atoms with Gasteiger partial charge in [-0.25, -0.2) is 0 Å². The standard InChI is InChI=1S/C51H38N2/c1-32-22-33(2)25-40(24-32)37-17-20-50-47(29-37)48-30-38(41-26-34(3)23-35(4)27-41)18-21-51(48)53(50)49-15-8-7-13-46(49)45-12-6-5-11-44(45)43-14-9-10-39-28-36(31-52)16-19-42(39)43/h5-30H,1-4H3. The second kappa shape index (κ2) is 12.8. The van der Waals surface area contributed by atoms with Crippen molar-refractivity contribution in [1.82, 2.24) is 4.57 Å². The number of para-hydroxylation sites is 1. The predicted octanol–water partition coefficient (Wildman–Crippen LogP) is 13.7. The molecule has 2 nitrogen and oxygen atoms in total. The van der Waals surface area contributed by atoms with Crippen molar-refractivity contribution in [2.75, 3.05) is 0 Å². The summed E-state index contributed by atoms with van der Waals surface area (Å²) in [5.41, 5.74) is 18.7. The first-order valence-corrected chi connectivity index (χ1v) is 18.2. The van der Waals surface area contributed by atoms with Crippen molar-refractivity contribution in [1.29, 1.82) is 5.26 Å². The lowest BCUT2D eigenvalue weighted by Gasteiger charge is -2.18. The van der Waals surface area contributed by atoms with E-state index in [-0.39, 0.29) is 0 Å². The SMILES string of the molecule is Cc1cc(C)cc(-c2ccc3c(c2)c2cc(-c4cc(C)cc(C)c4)ccc2n3-c2ccccc2-c2ccccc2-c2cccc3cc(C#N)ccc23)c1. The fourth-order valence-corrected chi connectivity index (χ4v) is 8.36. The quantitative estimate of drug-likeness (QED) is 0.178. The van der Waals surface area contributed by atoms with E-state index in [0.29, 0.717) is 5.56 Å². The summed E-state index contributed by atoms with van der Waals surface area (Å²) in [6.45, 7) is 8.70. The van der Waals surface area contributed by atoms with Gasteiger partial charge in [0.2, 0.25) is 0 Å². The molecule has 252 valence electrons. The van der Waals surface area contributed by atoms with Gasteiger partial charge in [0, 0.05) is 16.3 Å². The average molecular weight is 679 g/mol. The van der Waals surface area contributed by atoms with Crippen LogP contribution in [0.25, 0.3) is 82.8 Å². The van der Waals surface area contributed by atoms with Crippen LogP contribution in [0, 0.1) is 39.0 Å². The van der Waals surface area contributed by atoms with Gasteiger partial charge in [0.1, 0.15) is 0 Å². The van der Waals surface area contributed by atoms with E-state index in [9.17, 15) is 5.26 Å². The molecule has 0 radical (unpaired) electrons. The zero-order chi connectivity index (χ0) is 36.2. The Morgan fingerprint density at radius 3 is 1.47 bits per heavy atom. The molecular formula is C51H38N2. The van der Waals surface area contributed by atoms with Gasteiger partial charge < -0.3 is 4.57 Å². The third kappa shape index (κ3) is 5.68. The summed E-state index contributed by atoms with van der Waals surface area (Å²) < 4.78 is 2.45. The molecular weight excluding hydrogens is 641 g/mol. The van der Waals surface area contributed by atoms with Crippen LogP contribution in [0.4, 0.5) is 0 Å². The largest absolute Gasteiger partial charge is 0.309 e. The van der Waals surface area contributed by atoms with Crippen molar-refractivity contribution in [2.24, 2.45) is 0 Å². The van der Waals surface area contributed by atoms with Gasteiger partial charge >= 0.3 is 0 Å². The second-order valence-electron chi connectivity index (χ2n) is 14.5. The van der Waals surface area contributed by atoms with Gasteiger partial charge in [0.05, 0.1) is 28.4 Å². The normalized spacial score (nSPS) is 11.4. The van der Waals surface area contributed by atoms with Gasteiger partial charge in [0.15, 0.2) is 0 Å². The van der Waals surface area contributed by atoms with Crippen LogP contribution >= 0.6 is 0 Å². The Kier molecular flexibility index (Phi) is 7.80. The van der Waals surface area contributed by atoms with E-state index >= 15 is 0 Å². The number of aryl methyl sites for hydroxylation is 4. The third-order valence-corrected chi connectivity index (χ3v) is 10.5. The molecule has 0 saturated carbocycles. The molecule has 1 aromatic heterocycles. The molecule has 0 atom stereocenters. The Morgan fingerprint density at radius 1 is 0.396 bits per heavy atom. The molecule has 9 aromatic rings. The number of hydrogen-bond acceptors (Lipinski definition) is 1. The van der Waals surface area contributed by atoms with Crippen molar-refractivity contribution >= 4 is 32.6 Å². The fourth-order valence-electron chi connectivity index (χ4n) is 8.36. The maximum Gasteiger partial charge on any atom is 0.0991 e. The Balaban J connectivity index is 1.30. The van der Waals surface area contributed by atoms with Gasteiger partial charge in [-0.05, 0) is 120 Å². The molecule has 9 rings (SSSR count). The summed E-state index contributed by atoms with van der Waals surface area (Å²) in [4.78, 5) is 0. The number of aromatic nitrogens is 1. The van der Waals surface area contributed by atoms with Crippen LogP contribution < -0.4 is 0 Å². The highest BCUT2D eigenvalue weighted by Gasteiger charge is 2.19. The minimum absolute atomic E-state index is 0.668. The van der Waals surface area contributed by atoms with Gasteiger partial charge in [0.25, 0.3) is 0 Å². The zero-order valence-electron chi connectivity index (χ0n) is 30.4. The molecule has 53 heavy (non-hydrogen) atoms. The minimum atomic E-state index is 0.668. The molecule has 0 bridgehead atoms. The first-order chi connectivity index (χ1) is 25.8. The maximum absolute atomic E-state index is 9.59. The number of nitriles is 1. The highest BCUT2D eigenvalue weighted by molar-refractivity contribution is 6.12. The monoisotopic (exact) mass is 678 g/mol. The minimum Gasteiger partial charge on any atom is -0.309 e. The lowest BCUT2D eigenvalue weighted by Crippen LogP contribution is -1.98. The van der Waals surface area contributed by atoms with E-state index in [1.165, 1.54) is 66.3 Å². The van der Waals surface area contributed by atoms with Gasteiger partial charge in [-0.3, -0.25) is 0 Å². The van der Waals surface area contributed by atoms with E-state index in [1.807, 2.05) is 12.1 Å². The molecule has 0 aliphatic carbocycles. The number of hydrogen-bond donors (Lipinski definition) is 0. The Bertz CT molecular complexity index is 2800. The molecule has 8 aromatic carbocycles. The van der Waals surface area contributed by atoms with Crippen LogP contribution in [-0.4, -0.2) is 4.57 Å². The smallest absolute Gasteiger partial charge is 0.0991 e. The van der Waals surface area contributed by atoms with Crippen molar-refractivity contribution < 1.29 is 0 Å². The summed E-state index contributed by atoms with van der Waals surface area (Å²) in [5.74, 6) is 0. The second-order valence-corrected chi connectivity index (χ2v) is 14.5. The lowest BCUT2D eigenvalue weighted by molar-refractivity contribution is 1.18. The molecule has 0 N–H and O–H groups in total. The summed E-state index contributed by atoms with van der Waals surface area (Å²) in [7, 11) is 0. The maximum atomic E-state index is 9.59. The van der Waals surface area contributed by atoms with E-state index in [1.54, 1.807) is 0 Å². The Morgan fingerprint density at radius 2 is 0.906 bits per heavy atom. The van der Waals surface area contributed by atoms with Crippen LogP contribution in [0.3, 0.4) is 0 Å². The molecule has 0 spiro atoms. The topological polar surface area (TPSA) is 28.7 Å². The number of benzene rings is 8. The van der Waals surface area contributed by atoms with E-state index in [2.05, 4.69) is 184 Å². The summed E-state index contributed by atoms with van der Waals surface area (Å²) in [5, 5.41) is 14.2. The van der Waals surface area contributed by atoms with E-state index < -0.39 is 0 Å². The highest BCUT2D eigenvalue weighted by atomic mass is 15.0. The van der Waals surface area contributed by atoms with Crippen molar-refractivity contribution in [3.63, 3.8) is 0 Å². The molecule has 0 fully saturated rings. The van der Waals surface area contributed by atoms with Crippen LogP contribution in [0.1, 0.15) is 27.8 Å². The van der Waals surface area contributed by atoms with Crippen molar-refractivity contribution in [3.8, 4) is 56.3 Å². The summed E-state index contributed by atoms with van der Waals surface area (Å²) in [6.07, 6.45) is 0. The van der Waals surface area contributed by atoms with E-state index in [4.69, 9.17) is 0 Å². The predicted molar refractivity (Wildman–Crippen MR) is 224 cm³/mol. The highest BCUT2D eigenvalue weighted by Crippen LogP contribution is 2.43. The number of fused-ring (bicyclic) bond motifs is 4. The van der Waals surface area contributed by atoms with Crippen LogP contribution in [0.5, 0.6) is 0 Å². The molecule has 0 unspecified atom stereocenters. The van der Waals surface area contributed by atoms with Crippen LogP contribution in [0.2, 0.25) is 0 Å². The van der Waals surface area contributed by atoms with Gasteiger partial charge in [-0.1, -0.05) is 138 Å². The van der Waals surface area contributed by atoms with Crippen LogP contribution in [0.15, 0.2) is 158 Å².